The maximum absolute atomic E-state index is 5.28. The molecule has 2 fully saturated rings. The van der Waals surface area contributed by atoms with E-state index in [1.165, 1.54) is 50.9 Å². The van der Waals surface area contributed by atoms with Crippen molar-refractivity contribution in [3.05, 3.63) is 41.5 Å². The average molecular weight is 440 g/mol. The molecule has 1 aromatic carbocycles. The van der Waals surface area contributed by atoms with Crippen molar-refractivity contribution in [3.63, 3.8) is 0 Å². The fraction of sp³-hybridized carbons (Fsp3) is 0.625. The van der Waals surface area contributed by atoms with Gasteiger partial charge in [0.15, 0.2) is 11.8 Å². The molecule has 2 saturated heterocycles. The van der Waals surface area contributed by atoms with Crippen LogP contribution in [-0.2, 0) is 20.1 Å². The first kappa shape index (κ1) is 22.6. The summed E-state index contributed by atoms with van der Waals surface area (Å²) in [7, 11) is 3.70. The first-order valence-electron chi connectivity index (χ1n) is 11.9. The van der Waals surface area contributed by atoms with E-state index < -0.39 is 0 Å². The van der Waals surface area contributed by atoms with Gasteiger partial charge in [0, 0.05) is 26.7 Å². The Morgan fingerprint density at radius 2 is 1.91 bits per heavy atom. The molecule has 174 valence electrons. The van der Waals surface area contributed by atoms with Gasteiger partial charge < -0.3 is 24.4 Å². The first-order valence-corrected chi connectivity index (χ1v) is 11.9. The monoisotopic (exact) mass is 439 g/mol. The number of nitrogens with one attached hydrogen (secondary N) is 1. The lowest BCUT2D eigenvalue weighted by molar-refractivity contribution is 0.198. The van der Waals surface area contributed by atoms with E-state index in [1.54, 1.807) is 7.11 Å². The Kier molecular flexibility index (Phi) is 7.63. The van der Waals surface area contributed by atoms with E-state index in [0.717, 1.165) is 36.4 Å². The molecule has 3 heterocycles. The van der Waals surface area contributed by atoms with Crippen LogP contribution in [0.4, 0.5) is 0 Å². The molecule has 0 spiro atoms. The molecule has 8 nitrogen and oxygen atoms in total. The van der Waals surface area contributed by atoms with Crippen LogP contribution in [-0.4, -0.2) is 70.4 Å². The number of aryl methyl sites for hydroxylation is 1. The Hall–Kier alpha value is -2.61. The van der Waals surface area contributed by atoms with Crippen LogP contribution in [0.25, 0.3) is 0 Å². The van der Waals surface area contributed by atoms with Crippen LogP contribution in [0.15, 0.2) is 29.3 Å². The minimum Gasteiger partial charge on any atom is -0.497 e. The first-order chi connectivity index (χ1) is 15.6. The van der Waals surface area contributed by atoms with E-state index in [1.807, 2.05) is 30.7 Å². The second kappa shape index (κ2) is 10.8. The summed E-state index contributed by atoms with van der Waals surface area (Å²) < 4.78 is 7.30. The number of hydrogen-bond acceptors (Lipinski definition) is 5. The van der Waals surface area contributed by atoms with Gasteiger partial charge in [-0.1, -0.05) is 18.6 Å². The summed E-state index contributed by atoms with van der Waals surface area (Å²) in [4.78, 5) is 10.1. The molecule has 8 heteroatoms. The van der Waals surface area contributed by atoms with Crippen molar-refractivity contribution in [2.45, 2.75) is 45.7 Å². The van der Waals surface area contributed by atoms with E-state index in [4.69, 9.17) is 9.73 Å². The molecule has 1 unspecified atom stereocenters. The third-order valence-corrected chi connectivity index (χ3v) is 6.71. The number of methoxy groups -OCH3 is 1. The van der Waals surface area contributed by atoms with Crippen molar-refractivity contribution in [1.82, 2.24) is 29.9 Å². The Morgan fingerprint density at radius 1 is 1.12 bits per heavy atom. The van der Waals surface area contributed by atoms with Gasteiger partial charge in [-0.25, -0.2) is 4.99 Å². The highest BCUT2D eigenvalue weighted by Gasteiger charge is 2.27. The summed E-state index contributed by atoms with van der Waals surface area (Å²) >= 11 is 0. The highest BCUT2D eigenvalue weighted by Crippen LogP contribution is 2.20. The Morgan fingerprint density at radius 3 is 2.59 bits per heavy atom. The summed E-state index contributed by atoms with van der Waals surface area (Å²) in [6.07, 6.45) is 5.32. The lowest BCUT2D eigenvalue weighted by atomic mass is 10.1. The van der Waals surface area contributed by atoms with Crippen LogP contribution in [0.2, 0.25) is 0 Å². The number of benzene rings is 1. The molecule has 0 amide bonds. The van der Waals surface area contributed by atoms with Crippen LogP contribution >= 0.6 is 0 Å². The highest BCUT2D eigenvalue weighted by atomic mass is 16.5. The van der Waals surface area contributed by atoms with Crippen molar-refractivity contribution < 1.29 is 4.74 Å². The van der Waals surface area contributed by atoms with E-state index in [2.05, 4.69) is 37.4 Å². The van der Waals surface area contributed by atoms with Crippen LogP contribution in [0.1, 0.15) is 42.9 Å². The van der Waals surface area contributed by atoms with Crippen molar-refractivity contribution >= 4 is 5.96 Å². The largest absolute Gasteiger partial charge is 0.497 e. The number of rotatable bonds is 7. The molecule has 1 N–H and O–H groups in total. The number of guanidine groups is 1. The Balaban J connectivity index is 1.41. The minimum atomic E-state index is 0.617. The maximum atomic E-state index is 5.28. The molecule has 2 aliphatic heterocycles. The molecule has 1 aromatic heterocycles. The van der Waals surface area contributed by atoms with Gasteiger partial charge in [-0.2, -0.15) is 0 Å². The molecule has 2 aliphatic rings. The minimum absolute atomic E-state index is 0.617. The van der Waals surface area contributed by atoms with Crippen molar-refractivity contribution in [1.29, 1.82) is 0 Å². The summed E-state index contributed by atoms with van der Waals surface area (Å²) in [5, 5.41) is 12.0. The molecule has 32 heavy (non-hydrogen) atoms. The number of nitrogens with zero attached hydrogens (tertiary/aromatic N) is 6. The highest BCUT2D eigenvalue weighted by molar-refractivity contribution is 5.80. The zero-order valence-corrected chi connectivity index (χ0v) is 19.8. The van der Waals surface area contributed by atoms with Crippen molar-refractivity contribution in [2.75, 3.05) is 39.8 Å². The van der Waals surface area contributed by atoms with Gasteiger partial charge in [0.05, 0.1) is 20.2 Å². The van der Waals surface area contributed by atoms with Gasteiger partial charge in [-0.15, -0.1) is 10.2 Å². The van der Waals surface area contributed by atoms with E-state index >= 15 is 0 Å². The summed E-state index contributed by atoms with van der Waals surface area (Å²) in [6.45, 7) is 9.07. The third-order valence-electron chi connectivity index (χ3n) is 6.71. The predicted molar refractivity (Wildman–Crippen MR) is 127 cm³/mol. The predicted octanol–water partition coefficient (Wildman–Crippen LogP) is 2.59. The topological polar surface area (TPSA) is 70.8 Å². The fourth-order valence-electron chi connectivity index (χ4n) is 4.61. The Bertz CT molecular complexity index is 886. The summed E-state index contributed by atoms with van der Waals surface area (Å²) in [6, 6.07) is 8.14. The molecule has 1 atom stereocenters. The van der Waals surface area contributed by atoms with Gasteiger partial charge in [0.2, 0.25) is 0 Å². The van der Waals surface area contributed by atoms with Crippen LogP contribution in [0, 0.1) is 12.8 Å². The molecule has 4 rings (SSSR count). The second-order valence-corrected chi connectivity index (χ2v) is 9.03. The molecule has 0 saturated carbocycles. The van der Waals surface area contributed by atoms with Crippen LogP contribution in [0.3, 0.4) is 0 Å². The number of hydrogen-bond donors (Lipinski definition) is 1. The van der Waals surface area contributed by atoms with E-state index in [0.29, 0.717) is 19.0 Å². The van der Waals surface area contributed by atoms with Crippen LogP contribution in [0.5, 0.6) is 5.75 Å². The lowest BCUT2D eigenvalue weighted by Gasteiger charge is -2.29. The third kappa shape index (κ3) is 5.79. The van der Waals surface area contributed by atoms with Crippen molar-refractivity contribution in [2.24, 2.45) is 18.0 Å². The van der Waals surface area contributed by atoms with Gasteiger partial charge in [-0.3, -0.25) is 0 Å². The van der Waals surface area contributed by atoms with Gasteiger partial charge in [0.1, 0.15) is 11.6 Å². The van der Waals surface area contributed by atoms with Gasteiger partial charge >= 0.3 is 0 Å². The molecule has 2 aromatic rings. The Labute approximate surface area is 191 Å². The zero-order chi connectivity index (χ0) is 22.3. The molecular weight excluding hydrogens is 402 g/mol. The molecular formula is C24H37N7O. The summed E-state index contributed by atoms with van der Waals surface area (Å²) in [5.41, 5.74) is 1.17. The molecule has 0 aliphatic carbocycles. The summed E-state index contributed by atoms with van der Waals surface area (Å²) in [5.74, 6) is 4.37. The molecule has 0 radical (unpaired) electrons. The maximum Gasteiger partial charge on any atom is 0.194 e. The van der Waals surface area contributed by atoms with Crippen LogP contribution < -0.4 is 10.1 Å². The fourth-order valence-corrected chi connectivity index (χ4v) is 4.61. The lowest BCUT2D eigenvalue weighted by Crippen LogP contribution is -2.41. The molecule has 0 bridgehead atoms. The second-order valence-electron chi connectivity index (χ2n) is 9.03. The van der Waals surface area contributed by atoms with Gasteiger partial charge in [-0.05, 0) is 62.9 Å². The quantitative estimate of drug-likeness (QED) is 0.528. The number of ether oxygens (including phenoxy) is 1. The number of likely N-dealkylation sites (tertiary alicyclic amines) is 2. The number of aromatic nitrogens is 3. The van der Waals surface area contributed by atoms with E-state index in [-0.39, 0.29) is 0 Å². The van der Waals surface area contributed by atoms with Gasteiger partial charge in [0.25, 0.3) is 0 Å². The smallest absolute Gasteiger partial charge is 0.194 e. The average Bonchev–Trinajstić information content (AvgIpc) is 3.41. The van der Waals surface area contributed by atoms with E-state index in [9.17, 15) is 0 Å². The van der Waals surface area contributed by atoms with Crippen molar-refractivity contribution in [3.8, 4) is 5.75 Å². The SMILES string of the molecule is COc1ccc(CN=C(NCc2nnc(C)n2C)N2CCC(CN3CCCCC3)C2)cc1. The number of aliphatic imine (C=N–C) groups is 1. The number of piperidine rings is 1. The normalized spacial score (nSPS) is 20.0. The standard InChI is InChI=1S/C24H37N7O/c1-19-27-28-23(29(19)2)16-26-24(25-15-20-7-9-22(32-3)10-8-20)31-14-11-21(18-31)17-30-12-5-4-6-13-30/h7-10,21H,4-6,11-18H2,1-3H3,(H,25,26). The zero-order valence-electron chi connectivity index (χ0n) is 19.8.